The van der Waals surface area contributed by atoms with Crippen LogP contribution in [-0.2, 0) is 9.53 Å². The molecular formula is C23H26N2O6. The van der Waals surface area contributed by atoms with E-state index in [1.165, 1.54) is 32.3 Å². The van der Waals surface area contributed by atoms with Crippen LogP contribution in [0.25, 0.3) is 0 Å². The summed E-state index contributed by atoms with van der Waals surface area (Å²) in [4.78, 5) is 27.0. The van der Waals surface area contributed by atoms with Gasteiger partial charge >= 0.3 is 5.97 Å². The molecule has 0 aliphatic rings. The highest BCUT2D eigenvalue weighted by Gasteiger charge is 2.24. The molecule has 0 bridgehead atoms. The van der Waals surface area contributed by atoms with Crippen LogP contribution in [0.1, 0.15) is 27.9 Å². The molecule has 0 aliphatic heterocycles. The third-order valence-corrected chi connectivity index (χ3v) is 4.52. The number of nitrogens with zero attached hydrogens (tertiary/aromatic N) is 2. The van der Waals surface area contributed by atoms with Crippen LogP contribution in [0.2, 0.25) is 0 Å². The maximum absolute atomic E-state index is 12.8. The highest BCUT2D eigenvalue weighted by Crippen LogP contribution is 2.40. The van der Waals surface area contributed by atoms with Gasteiger partial charge in [-0.1, -0.05) is 6.07 Å². The summed E-state index contributed by atoms with van der Waals surface area (Å²) in [7, 11) is 4.29. The first-order chi connectivity index (χ1) is 14.9. The predicted octanol–water partition coefficient (Wildman–Crippen LogP) is 3.43. The van der Waals surface area contributed by atoms with Gasteiger partial charge in [0.1, 0.15) is 5.56 Å². The lowest BCUT2D eigenvalue weighted by Crippen LogP contribution is -2.35. The molecule has 0 aromatic heterocycles. The molecule has 0 N–H and O–H groups in total. The molecule has 31 heavy (non-hydrogen) atoms. The summed E-state index contributed by atoms with van der Waals surface area (Å²) in [6, 6.07) is 10.7. The van der Waals surface area contributed by atoms with Gasteiger partial charge in [-0.25, -0.2) is 4.79 Å². The molecule has 0 aliphatic carbocycles. The Morgan fingerprint density at radius 1 is 0.968 bits per heavy atom. The Hall–Kier alpha value is -3.73. The Morgan fingerprint density at radius 3 is 2.16 bits per heavy atom. The first-order valence-corrected chi connectivity index (χ1v) is 9.58. The van der Waals surface area contributed by atoms with Crippen molar-refractivity contribution in [3.63, 3.8) is 0 Å². The molecular weight excluding hydrogens is 400 g/mol. The molecule has 2 aromatic carbocycles. The van der Waals surface area contributed by atoms with Gasteiger partial charge in [0.15, 0.2) is 18.1 Å². The van der Waals surface area contributed by atoms with E-state index < -0.39 is 18.5 Å². The summed E-state index contributed by atoms with van der Waals surface area (Å²) in [6.45, 7) is 3.55. The van der Waals surface area contributed by atoms with Gasteiger partial charge in [-0.05, 0) is 49.2 Å². The fourth-order valence-electron chi connectivity index (χ4n) is 3.21. The Balaban J connectivity index is 2.22. The van der Waals surface area contributed by atoms with Crippen molar-refractivity contribution in [1.29, 1.82) is 5.26 Å². The normalized spacial score (nSPS) is 10.1. The zero-order valence-corrected chi connectivity index (χ0v) is 18.4. The van der Waals surface area contributed by atoms with Crippen LogP contribution in [0.4, 0.5) is 5.69 Å². The van der Waals surface area contributed by atoms with Crippen molar-refractivity contribution in [2.24, 2.45) is 0 Å². The average Bonchev–Trinajstić information content (AvgIpc) is 2.75. The lowest BCUT2D eigenvalue weighted by atomic mass is 10.1. The second kappa shape index (κ2) is 10.9. The van der Waals surface area contributed by atoms with Gasteiger partial charge in [-0.3, -0.25) is 4.79 Å². The first kappa shape index (κ1) is 23.5. The van der Waals surface area contributed by atoms with Crippen molar-refractivity contribution >= 4 is 17.6 Å². The van der Waals surface area contributed by atoms with Crippen molar-refractivity contribution < 1.29 is 28.5 Å². The largest absolute Gasteiger partial charge is 0.493 e. The van der Waals surface area contributed by atoms with Gasteiger partial charge in [-0.2, -0.15) is 5.26 Å². The number of carbonyl (C=O) groups excluding carboxylic acids is 2. The van der Waals surface area contributed by atoms with Crippen molar-refractivity contribution in [1.82, 2.24) is 0 Å². The summed E-state index contributed by atoms with van der Waals surface area (Å²) in [5, 5.41) is 8.96. The molecule has 2 aromatic rings. The smallest absolute Gasteiger partial charge is 0.342 e. The number of amides is 1. The van der Waals surface area contributed by atoms with E-state index in [4.69, 9.17) is 24.2 Å². The molecule has 1 amide bonds. The number of benzene rings is 2. The maximum Gasteiger partial charge on any atom is 0.342 e. The lowest BCUT2D eigenvalue weighted by Gasteiger charge is -2.23. The van der Waals surface area contributed by atoms with Crippen molar-refractivity contribution in [2.45, 2.75) is 20.3 Å². The quantitative estimate of drug-likeness (QED) is 0.567. The van der Waals surface area contributed by atoms with Crippen LogP contribution >= 0.6 is 0 Å². The monoisotopic (exact) mass is 426 g/mol. The third-order valence-electron chi connectivity index (χ3n) is 4.52. The summed E-state index contributed by atoms with van der Waals surface area (Å²) in [5.41, 5.74) is 2.72. The molecule has 0 radical (unpaired) electrons. The van der Waals surface area contributed by atoms with E-state index in [0.717, 1.165) is 11.1 Å². The second-order valence-corrected chi connectivity index (χ2v) is 6.76. The van der Waals surface area contributed by atoms with Gasteiger partial charge < -0.3 is 23.8 Å². The maximum atomic E-state index is 12.8. The highest BCUT2D eigenvalue weighted by atomic mass is 16.5. The van der Waals surface area contributed by atoms with Crippen LogP contribution in [0.3, 0.4) is 0 Å². The Kier molecular flexibility index (Phi) is 8.26. The molecule has 8 heteroatoms. The Morgan fingerprint density at radius 2 is 1.61 bits per heavy atom. The first-order valence-electron chi connectivity index (χ1n) is 9.58. The second-order valence-electron chi connectivity index (χ2n) is 6.76. The Labute approximate surface area is 181 Å². The van der Waals surface area contributed by atoms with E-state index >= 15 is 0 Å². The zero-order valence-electron chi connectivity index (χ0n) is 18.4. The van der Waals surface area contributed by atoms with Gasteiger partial charge in [0.2, 0.25) is 5.75 Å². The minimum atomic E-state index is -0.744. The number of hydrogen-bond donors (Lipinski definition) is 0. The van der Waals surface area contributed by atoms with E-state index in [2.05, 4.69) is 0 Å². The SMILES string of the molecule is COc1ccc(C(=O)OCC(=O)N(CCC#N)c2cc(C)cc(C)c2)c(OC)c1OC. The van der Waals surface area contributed by atoms with E-state index in [1.54, 1.807) is 6.07 Å². The minimum absolute atomic E-state index is 0.0999. The Bertz CT molecular complexity index is 976. The van der Waals surface area contributed by atoms with E-state index in [0.29, 0.717) is 11.4 Å². The van der Waals surface area contributed by atoms with Crippen molar-refractivity contribution in [3.8, 4) is 23.3 Å². The summed E-state index contributed by atoms with van der Waals surface area (Å²) < 4.78 is 21.0. The van der Waals surface area contributed by atoms with E-state index in [-0.39, 0.29) is 30.0 Å². The standard InChI is InChI=1S/C23H26N2O6/c1-15-11-16(2)13-17(12-15)25(10-6-9-24)20(26)14-31-23(27)18-7-8-19(28-3)22(30-5)21(18)29-4/h7-8,11-13H,6,10,14H2,1-5H3. The molecule has 0 saturated carbocycles. The molecule has 8 nitrogen and oxygen atoms in total. The van der Waals surface area contributed by atoms with Crippen LogP contribution in [0, 0.1) is 25.2 Å². The van der Waals surface area contributed by atoms with Gasteiger partial charge in [0.25, 0.3) is 5.91 Å². The summed E-state index contributed by atoms with van der Waals surface area (Å²) >= 11 is 0. The number of rotatable bonds is 9. The van der Waals surface area contributed by atoms with Crippen molar-refractivity contribution in [2.75, 3.05) is 39.4 Å². The topological polar surface area (TPSA) is 98.1 Å². The van der Waals surface area contributed by atoms with Gasteiger partial charge in [0.05, 0.1) is 33.8 Å². The fourth-order valence-corrected chi connectivity index (χ4v) is 3.21. The van der Waals surface area contributed by atoms with Crippen LogP contribution in [0.5, 0.6) is 17.2 Å². The molecule has 0 saturated heterocycles. The van der Waals surface area contributed by atoms with Gasteiger partial charge in [-0.15, -0.1) is 0 Å². The highest BCUT2D eigenvalue weighted by molar-refractivity contribution is 5.98. The summed E-state index contributed by atoms with van der Waals surface area (Å²) in [5.74, 6) is -0.393. The molecule has 2 rings (SSSR count). The number of anilines is 1. The lowest BCUT2D eigenvalue weighted by molar-refractivity contribution is -0.121. The molecule has 0 unspecified atom stereocenters. The number of esters is 1. The predicted molar refractivity (Wildman–Crippen MR) is 115 cm³/mol. The van der Waals surface area contributed by atoms with Crippen LogP contribution in [0.15, 0.2) is 30.3 Å². The van der Waals surface area contributed by atoms with E-state index in [9.17, 15) is 9.59 Å². The molecule has 0 spiro atoms. The molecule has 164 valence electrons. The number of ether oxygens (including phenoxy) is 4. The fraction of sp³-hybridized carbons (Fsp3) is 0.348. The van der Waals surface area contributed by atoms with Crippen molar-refractivity contribution in [3.05, 3.63) is 47.0 Å². The van der Waals surface area contributed by atoms with Gasteiger partial charge in [0, 0.05) is 12.2 Å². The number of nitriles is 1. The van der Waals surface area contributed by atoms with E-state index in [1.807, 2.05) is 38.1 Å². The van der Waals surface area contributed by atoms with Crippen LogP contribution < -0.4 is 19.1 Å². The number of methoxy groups -OCH3 is 3. The number of hydrogen-bond acceptors (Lipinski definition) is 7. The average molecular weight is 426 g/mol. The number of carbonyl (C=O) groups is 2. The number of aryl methyl sites for hydroxylation is 2. The zero-order chi connectivity index (χ0) is 23.0. The molecule has 0 heterocycles. The third kappa shape index (κ3) is 5.66. The van der Waals surface area contributed by atoms with Crippen LogP contribution in [-0.4, -0.2) is 46.4 Å². The molecule has 0 atom stereocenters. The molecule has 0 fully saturated rings. The minimum Gasteiger partial charge on any atom is -0.493 e. The summed E-state index contributed by atoms with van der Waals surface area (Å²) in [6.07, 6.45) is 0.149.